The predicted molar refractivity (Wildman–Crippen MR) is 155 cm³/mol. The van der Waals surface area contributed by atoms with E-state index in [9.17, 15) is 13.2 Å². The van der Waals surface area contributed by atoms with E-state index < -0.39 is 11.7 Å². The Kier molecular flexibility index (Phi) is 4.73. The molecule has 0 radical (unpaired) electrons. The number of aryl methyl sites for hydroxylation is 3. The number of alkyl halides is 3. The minimum Gasteiger partial charge on any atom is -0.307 e. The molecule has 0 aliphatic rings. The second-order valence-corrected chi connectivity index (χ2v) is 12.4. The van der Waals surface area contributed by atoms with Crippen LogP contribution < -0.4 is 4.57 Å². The van der Waals surface area contributed by atoms with Gasteiger partial charge in [0.1, 0.15) is 7.05 Å². The van der Waals surface area contributed by atoms with E-state index >= 15 is 0 Å². The van der Waals surface area contributed by atoms with E-state index in [0.29, 0.717) is 16.3 Å². The molecule has 7 aromatic rings. The van der Waals surface area contributed by atoms with Gasteiger partial charge in [-0.15, -0.1) is 0 Å². The normalized spacial score (nSPS) is 13.4. The number of hydrogen-bond acceptors (Lipinski definition) is 0. The first-order valence-electron chi connectivity index (χ1n) is 13.4. The fraction of sp³-hybridized carbons (Fsp3) is 0.265. The lowest BCUT2D eigenvalue weighted by Gasteiger charge is -2.24. The zero-order valence-electron chi connectivity index (χ0n) is 23.0. The van der Waals surface area contributed by atoms with Crippen LogP contribution in [0.1, 0.15) is 43.0 Å². The standard InChI is InChI=1S/C34H30F3N2/c1-18-11-12-21-19(2)27-30(24(23(21)15-18)17-33(3,4)5)39-26-10-8-7-9-22(26)29-25(34(35,36)37)16-20-13-14-38(6)31(27)28(20)32(29)39/h7-16H,17H2,1-6H3/q+1. The van der Waals surface area contributed by atoms with Gasteiger partial charge in [-0.3, -0.25) is 0 Å². The fourth-order valence-electron chi connectivity index (χ4n) is 6.84. The van der Waals surface area contributed by atoms with E-state index in [-0.39, 0.29) is 10.8 Å². The van der Waals surface area contributed by atoms with Crippen LogP contribution in [0.4, 0.5) is 13.2 Å². The Bertz CT molecular complexity index is 2140. The van der Waals surface area contributed by atoms with E-state index in [0.717, 1.165) is 39.3 Å². The van der Waals surface area contributed by atoms with Gasteiger partial charge in [-0.2, -0.15) is 13.2 Å². The molecule has 0 spiro atoms. The summed E-state index contributed by atoms with van der Waals surface area (Å²) >= 11 is 0. The van der Waals surface area contributed by atoms with Crippen molar-refractivity contribution in [1.82, 2.24) is 4.40 Å². The molecule has 0 saturated carbocycles. The number of fused-ring (bicyclic) bond motifs is 7. The molecule has 196 valence electrons. The zero-order valence-corrected chi connectivity index (χ0v) is 23.0. The van der Waals surface area contributed by atoms with E-state index in [1.54, 1.807) is 0 Å². The average molecular weight is 524 g/mol. The third-order valence-corrected chi connectivity index (χ3v) is 8.31. The lowest BCUT2D eigenvalue weighted by atomic mass is 9.82. The maximum absolute atomic E-state index is 14.7. The van der Waals surface area contributed by atoms with Crippen molar-refractivity contribution in [2.75, 3.05) is 0 Å². The average Bonchev–Trinajstić information content (AvgIpc) is 3.20. The highest BCUT2D eigenvalue weighted by molar-refractivity contribution is 6.29. The molecule has 39 heavy (non-hydrogen) atoms. The van der Waals surface area contributed by atoms with Crippen molar-refractivity contribution in [1.29, 1.82) is 0 Å². The van der Waals surface area contributed by atoms with E-state index in [4.69, 9.17) is 0 Å². The van der Waals surface area contributed by atoms with Gasteiger partial charge in [-0.25, -0.2) is 4.57 Å². The molecule has 0 fully saturated rings. The first-order chi connectivity index (χ1) is 18.4. The van der Waals surface area contributed by atoms with Crippen LogP contribution in [0.15, 0.2) is 60.8 Å². The van der Waals surface area contributed by atoms with Crippen molar-refractivity contribution in [3.63, 3.8) is 0 Å². The largest absolute Gasteiger partial charge is 0.417 e. The first-order valence-corrected chi connectivity index (χ1v) is 13.4. The molecular weight excluding hydrogens is 493 g/mol. The van der Waals surface area contributed by atoms with Crippen molar-refractivity contribution in [3.8, 4) is 0 Å². The smallest absolute Gasteiger partial charge is 0.307 e. The van der Waals surface area contributed by atoms with Crippen LogP contribution >= 0.6 is 0 Å². The molecule has 7 rings (SSSR count). The van der Waals surface area contributed by atoms with Gasteiger partial charge in [0.15, 0.2) is 6.20 Å². The van der Waals surface area contributed by atoms with Gasteiger partial charge in [0.05, 0.1) is 32.9 Å². The minimum absolute atomic E-state index is 0.0376. The molecule has 4 aromatic carbocycles. The van der Waals surface area contributed by atoms with Crippen LogP contribution in [0.3, 0.4) is 0 Å². The third-order valence-electron chi connectivity index (χ3n) is 8.31. The summed E-state index contributed by atoms with van der Waals surface area (Å²) in [6.07, 6.45) is -1.79. The number of pyridine rings is 2. The van der Waals surface area contributed by atoms with Crippen molar-refractivity contribution in [2.45, 2.75) is 47.2 Å². The molecule has 0 unspecified atom stereocenters. The molecule has 2 nitrogen and oxygen atoms in total. The lowest BCUT2D eigenvalue weighted by Crippen LogP contribution is -2.29. The monoisotopic (exact) mass is 523 g/mol. The summed E-state index contributed by atoms with van der Waals surface area (Å²) in [5.74, 6) is 0. The van der Waals surface area contributed by atoms with Gasteiger partial charge in [0.2, 0.25) is 5.52 Å². The molecule has 0 aliphatic heterocycles. The Hall–Kier alpha value is -3.86. The van der Waals surface area contributed by atoms with Crippen molar-refractivity contribution >= 4 is 59.8 Å². The third kappa shape index (κ3) is 3.25. The van der Waals surface area contributed by atoms with Gasteiger partial charge in [0, 0.05) is 16.8 Å². The Morgan fingerprint density at radius 1 is 0.795 bits per heavy atom. The van der Waals surface area contributed by atoms with E-state index in [1.165, 1.54) is 28.0 Å². The summed E-state index contributed by atoms with van der Waals surface area (Å²) in [5.41, 5.74) is 6.35. The number of hydrogen-bond donors (Lipinski definition) is 0. The molecule has 3 heterocycles. The van der Waals surface area contributed by atoms with Crippen LogP contribution in [0.25, 0.3) is 59.8 Å². The molecule has 0 atom stereocenters. The predicted octanol–water partition coefficient (Wildman–Crippen LogP) is 9.19. The molecule has 0 N–H and O–H groups in total. The summed E-state index contributed by atoms with van der Waals surface area (Å²) in [7, 11) is 2.00. The van der Waals surface area contributed by atoms with Crippen molar-refractivity contribution in [2.24, 2.45) is 12.5 Å². The summed E-state index contributed by atoms with van der Waals surface area (Å²) < 4.78 is 48.3. The van der Waals surface area contributed by atoms with E-state index in [1.807, 2.05) is 43.6 Å². The zero-order chi connectivity index (χ0) is 27.6. The van der Waals surface area contributed by atoms with Gasteiger partial charge >= 0.3 is 6.18 Å². The first kappa shape index (κ1) is 24.2. The Morgan fingerprint density at radius 3 is 2.26 bits per heavy atom. The van der Waals surface area contributed by atoms with Gasteiger partial charge in [-0.1, -0.05) is 62.7 Å². The number of halogens is 3. The number of rotatable bonds is 1. The molecule has 5 heteroatoms. The van der Waals surface area contributed by atoms with Crippen molar-refractivity contribution in [3.05, 3.63) is 83.0 Å². The molecule has 0 aliphatic carbocycles. The highest BCUT2D eigenvalue weighted by Gasteiger charge is 2.37. The Morgan fingerprint density at radius 2 is 1.54 bits per heavy atom. The quantitative estimate of drug-likeness (QED) is 0.115. The van der Waals surface area contributed by atoms with Crippen LogP contribution in [0.5, 0.6) is 0 Å². The summed E-state index contributed by atoms with van der Waals surface area (Å²) in [5, 5.41) is 5.88. The molecular formula is C34H30F3N2+. The lowest BCUT2D eigenvalue weighted by molar-refractivity contribution is -0.643. The van der Waals surface area contributed by atoms with Gasteiger partial charge in [0.25, 0.3) is 0 Å². The maximum Gasteiger partial charge on any atom is 0.417 e. The fourth-order valence-corrected chi connectivity index (χ4v) is 6.84. The van der Waals surface area contributed by atoms with Crippen LogP contribution in [-0.2, 0) is 19.6 Å². The molecule has 3 aromatic heterocycles. The second kappa shape index (κ2) is 7.62. The van der Waals surface area contributed by atoms with Crippen molar-refractivity contribution < 1.29 is 17.7 Å². The van der Waals surface area contributed by atoms with Crippen LogP contribution in [0, 0.1) is 19.3 Å². The van der Waals surface area contributed by atoms with Gasteiger partial charge in [-0.05, 0) is 65.1 Å². The van der Waals surface area contributed by atoms with Crippen LogP contribution in [0.2, 0.25) is 0 Å². The summed E-state index contributed by atoms with van der Waals surface area (Å²) in [6.45, 7) is 10.9. The maximum atomic E-state index is 14.7. The highest BCUT2D eigenvalue weighted by atomic mass is 19.4. The summed E-state index contributed by atoms with van der Waals surface area (Å²) in [4.78, 5) is 0. The minimum atomic E-state index is -4.48. The van der Waals surface area contributed by atoms with Crippen LogP contribution in [-0.4, -0.2) is 4.40 Å². The Labute approximate surface area is 224 Å². The Balaban J connectivity index is 1.95. The summed E-state index contributed by atoms with van der Waals surface area (Å²) in [6, 6.07) is 17.3. The highest BCUT2D eigenvalue weighted by Crippen LogP contribution is 2.48. The number of aromatic nitrogens is 2. The second-order valence-electron chi connectivity index (χ2n) is 12.4. The number of benzene rings is 4. The topological polar surface area (TPSA) is 8.29 Å². The van der Waals surface area contributed by atoms with Gasteiger partial charge < -0.3 is 4.40 Å². The number of nitrogens with zero attached hydrogens (tertiary/aromatic N) is 2. The molecule has 0 bridgehead atoms. The SMILES string of the molecule is Cc1ccc2c(C)c3c(c(CC(C)(C)C)c2c1)n1c2ccccc2c2c(C(F)(F)F)cc4cc[n+](C)c3c4c21. The number of para-hydroxylation sites is 1. The molecule has 0 saturated heterocycles. The molecule has 0 amide bonds. The van der Waals surface area contributed by atoms with E-state index in [2.05, 4.69) is 61.8 Å².